The number of ether oxygens (including phenoxy) is 1. The maximum atomic E-state index is 12.3. The van der Waals surface area contributed by atoms with Crippen LogP contribution in [0.5, 0.6) is 0 Å². The molecule has 0 aromatic heterocycles. The fourth-order valence-corrected chi connectivity index (χ4v) is 4.15. The van der Waals surface area contributed by atoms with Gasteiger partial charge in [-0.25, -0.2) is 0 Å². The number of esters is 1. The first-order chi connectivity index (χ1) is 13.8. The van der Waals surface area contributed by atoms with Crippen LogP contribution in [0.3, 0.4) is 0 Å². The number of anilines is 1. The first kappa shape index (κ1) is 20.9. The lowest BCUT2D eigenvalue weighted by Gasteiger charge is -2.23. The van der Waals surface area contributed by atoms with Crippen LogP contribution in [0.1, 0.15) is 23.1 Å². The van der Waals surface area contributed by atoms with Gasteiger partial charge in [0.1, 0.15) is 0 Å². The standard InChI is InChI=1S/C22H24N2O4S/c1-14-8-9-16(15(2)10-14)12-24(3)20(25)13-28-21(26)11-19-22(27)23-17-6-4-5-7-18(17)29-19/h4-10,19H,11-13H2,1-3H3,(H,23,27)/t19-/m1/s1. The largest absolute Gasteiger partial charge is 0.456 e. The number of thioether (sulfide) groups is 1. The number of hydrogen-bond donors (Lipinski definition) is 1. The third-order valence-corrected chi connectivity index (χ3v) is 6.02. The molecule has 29 heavy (non-hydrogen) atoms. The maximum Gasteiger partial charge on any atom is 0.307 e. The second-order valence-corrected chi connectivity index (χ2v) is 8.38. The van der Waals surface area contributed by atoms with Gasteiger partial charge in [0.15, 0.2) is 6.61 Å². The van der Waals surface area contributed by atoms with Crippen molar-refractivity contribution >= 4 is 35.2 Å². The van der Waals surface area contributed by atoms with Crippen LogP contribution in [-0.4, -0.2) is 41.6 Å². The van der Waals surface area contributed by atoms with Crippen LogP contribution in [-0.2, 0) is 25.7 Å². The average molecular weight is 413 g/mol. The molecule has 0 unspecified atom stereocenters. The molecule has 7 heteroatoms. The highest BCUT2D eigenvalue weighted by Crippen LogP contribution is 2.36. The van der Waals surface area contributed by atoms with Crippen molar-refractivity contribution in [3.8, 4) is 0 Å². The number of rotatable bonds is 6. The van der Waals surface area contributed by atoms with Crippen LogP contribution in [0.4, 0.5) is 5.69 Å². The average Bonchev–Trinajstić information content (AvgIpc) is 2.68. The molecule has 6 nitrogen and oxygen atoms in total. The fourth-order valence-electron chi connectivity index (χ4n) is 3.06. The number of carbonyl (C=O) groups excluding carboxylic acids is 3. The summed E-state index contributed by atoms with van der Waals surface area (Å²) in [5, 5.41) is 2.22. The molecule has 2 aromatic rings. The van der Waals surface area contributed by atoms with Crippen LogP contribution in [0.15, 0.2) is 47.4 Å². The maximum absolute atomic E-state index is 12.3. The molecule has 1 aliphatic heterocycles. The molecule has 0 bridgehead atoms. The number of nitrogens with one attached hydrogen (secondary N) is 1. The summed E-state index contributed by atoms with van der Waals surface area (Å²) >= 11 is 1.33. The fraction of sp³-hybridized carbons (Fsp3) is 0.318. The lowest BCUT2D eigenvalue weighted by Crippen LogP contribution is -2.34. The number of likely N-dealkylation sites (N-methyl/N-ethyl adjacent to an activating group) is 1. The number of para-hydroxylation sites is 1. The number of nitrogens with zero attached hydrogens (tertiary/aromatic N) is 1. The molecule has 0 saturated heterocycles. The van der Waals surface area contributed by atoms with Crippen molar-refractivity contribution in [2.45, 2.75) is 37.0 Å². The molecule has 1 N–H and O–H groups in total. The lowest BCUT2D eigenvalue weighted by molar-refractivity contribution is -0.152. The molecule has 1 heterocycles. The van der Waals surface area contributed by atoms with Crippen molar-refractivity contribution < 1.29 is 19.1 Å². The Kier molecular flexibility index (Phi) is 6.59. The zero-order valence-electron chi connectivity index (χ0n) is 16.7. The third kappa shape index (κ3) is 5.38. The molecule has 0 saturated carbocycles. The van der Waals surface area contributed by atoms with Gasteiger partial charge in [-0.3, -0.25) is 14.4 Å². The topological polar surface area (TPSA) is 75.7 Å². The molecule has 0 radical (unpaired) electrons. The molecule has 2 amide bonds. The number of fused-ring (bicyclic) bond motifs is 1. The van der Waals surface area contributed by atoms with E-state index in [9.17, 15) is 14.4 Å². The third-order valence-electron chi connectivity index (χ3n) is 4.75. The Balaban J connectivity index is 1.48. The van der Waals surface area contributed by atoms with Crippen LogP contribution in [0.25, 0.3) is 0 Å². The van der Waals surface area contributed by atoms with E-state index in [0.717, 1.165) is 21.7 Å². The van der Waals surface area contributed by atoms with Crippen molar-refractivity contribution in [1.29, 1.82) is 0 Å². The van der Waals surface area contributed by atoms with Gasteiger partial charge in [0.05, 0.1) is 17.4 Å². The summed E-state index contributed by atoms with van der Waals surface area (Å²) in [7, 11) is 1.68. The van der Waals surface area contributed by atoms with Gasteiger partial charge < -0.3 is 15.0 Å². The number of aryl methyl sites for hydroxylation is 2. The van der Waals surface area contributed by atoms with Crippen molar-refractivity contribution in [2.24, 2.45) is 0 Å². The summed E-state index contributed by atoms with van der Waals surface area (Å²) < 4.78 is 5.13. The van der Waals surface area contributed by atoms with E-state index in [1.165, 1.54) is 22.2 Å². The Morgan fingerprint density at radius 2 is 1.93 bits per heavy atom. The summed E-state index contributed by atoms with van der Waals surface area (Å²) in [6.07, 6.45) is -0.0844. The van der Waals surface area contributed by atoms with Gasteiger partial charge in [-0.15, -0.1) is 11.8 Å². The Morgan fingerprint density at radius 3 is 2.69 bits per heavy atom. The van der Waals surface area contributed by atoms with E-state index in [4.69, 9.17) is 4.74 Å². The summed E-state index contributed by atoms with van der Waals surface area (Å²) in [5.41, 5.74) is 4.07. The van der Waals surface area contributed by atoms with Gasteiger partial charge in [-0.1, -0.05) is 35.9 Å². The lowest BCUT2D eigenvalue weighted by atomic mass is 10.1. The molecule has 152 valence electrons. The van der Waals surface area contributed by atoms with E-state index in [-0.39, 0.29) is 24.8 Å². The van der Waals surface area contributed by atoms with Gasteiger partial charge in [0, 0.05) is 18.5 Å². The van der Waals surface area contributed by atoms with Gasteiger partial charge in [0.2, 0.25) is 5.91 Å². The van der Waals surface area contributed by atoms with Crippen LogP contribution >= 0.6 is 11.8 Å². The Hall–Kier alpha value is -2.80. The van der Waals surface area contributed by atoms with Crippen LogP contribution in [0, 0.1) is 13.8 Å². The predicted molar refractivity (Wildman–Crippen MR) is 113 cm³/mol. The first-order valence-corrected chi connectivity index (χ1v) is 10.2. The van der Waals surface area contributed by atoms with Crippen molar-refractivity contribution in [3.63, 3.8) is 0 Å². The van der Waals surface area contributed by atoms with Crippen LogP contribution in [0.2, 0.25) is 0 Å². The molecule has 1 aliphatic rings. The highest BCUT2D eigenvalue weighted by Gasteiger charge is 2.29. The molecule has 1 atom stereocenters. The quantitative estimate of drug-likeness (QED) is 0.737. The molecule has 3 rings (SSSR count). The second kappa shape index (κ2) is 9.13. The zero-order chi connectivity index (χ0) is 21.0. The smallest absolute Gasteiger partial charge is 0.307 e. The minimum atomic E-state index is -0.569. The van der Waals surface area contributed by atoms with E-state index >= 15 is 0 Å². The van der Waals surface area contributed by atoms with E-state index in [1.807, 2.05) is 50.2 Å². The zero-order valence-corrected chi connectivity index (χ0v) is 17.5. The molecule has 2 aromatic carbocycles. The Morgan fingerprint density at radius 1 is 1.17 bits per heavy atom. The van der Waals surface area contributed by atoms with Gasteiger partial charge in [-0.2, -0.15) is 0 Å². The van der Waals surface area contributed by atoms with Crippen molar-refractivity contribution in [3.05, 3.63) is 59.2 Å². The normalized spacial score (nSPS) is 15.3. The van der Waals surface area contributed by atoms with Gasteiger partial charge >= 0.3 is 5.97 Å². The highest BCUT2D eigenvalue weighted by molar-refractivity contribution is 8.01. The molecular formula is C22H24N2O4S. The number of benzene rings is 2. The van der Waals surface area contributed by atoms with E-state index in [0.29, 0.717) is 6.54 Å². The van der Waals surface area contributed by atoms with Gasteiger partial charge in [0.25, 0.3) is 5.91 Å². The summed E-state index contributed by atoms with van der Waals surface area (Å²) in [5.74, 6) is -1.08. The molecular weight excluding hydrogens is 388 g/mol. The highest BCUT2D eigenvalue weighted by atomic mass is 32.2. The minimum Gasteiger partial charge on any atom is -0.456 e. The van der Waals surface area contributed by atoms with Crippen molar-refractivity contribution in [2.75, 3.05) is 19.0 Å². The number of hydrogen-bond acceptors (Lipinski definition) is 5. The monoisotopic (exact) mass is 412 g/mol. The van der Waals surface area contributed by atoms with E-state index in [2.05, 4.69) is 11.4 Å². The summed E-state index contributed by atoms with van der Waals surface area (Å²) in [4.78, 5) is 39.1. The van der Waals surface area contributed by atoms with E-state index in [1.54, 1.807) is 7.05 Å². The SMILES string of the molecule is Cc1ccc(CN(C)C(=O)COC(=O)C[C@H]2Sc3ccccc3NC2=O)c(C)c1. The Labute approximate surface area is 174 Å². The first-order valence-electron chi connectivity index (χ1n) is 9.36. The number of amides is 2. The molecule has 0 aliphatic carbocycles. The van der Waals surface area contributed by atoms with Crippen molar-refractivity contribution in [1.82, 2.24) is 4.90 Å². The van der Waals surface area contributed by atoms with Crippen LogP contribution < -0.4 is 5.32 Å². The molecule has 0 spiro atoms. The minimum absolute atomic E-state index is 0.0844. The summed E-state index contributed by atoms with van der Waals surface area (Å²) in [6, 6.07) is 13.5. The van der Waals surface area contributed by atoms with E-state index < -0.39 is 11.2 Å². The number of carbonyl (C=O) groups is 3. The predicted octanol–water partition coefficient (Wildman–Crippen LogP) is 3.31. The second-order valence-electron chi connectivity index (χ2n) is 7.14. The Bertz CT molecular complexity index is 944. The molecule has 0 fully saturated rings. The summed E-state index contributed by atoms with van der Waals surface area (Å²) in [6.45, 7) is 4.14. The van der Waals surface area contributed by atoms with Gasteiger partial charge in [-0.05, 0) is 37.1 Å².